The van der Waals surface area contributed by atoms with Crippen LogP contribution in [-0.2, 0) is 18.3 Å². The van der Waals surface area contributed by atoms with Crippen LogP contribution >= 0.6 is 0 Å². The number of benzene rings is 1. The molecule has 4 aromatic rings. The van der Waals surface area contributed by atoms with Gasteiger partial charge in [-0.2, -0.15) is 0 Å². The van der Waals surface area contributed by atoms with E-state index in [0.29, 0.717) is 12.6 Å². The van der Waals surface area contributed by atoms with Crippen LogP contribution in [0.15, 0.2) is 54.9 Å². The van der Waals surface area contributed by atoms with Crippen LogP contribution in [0, 0.1) is 13.8 Å². The van der Waals surface area contributed by atoms with Crippen molar-refractivity contribution >= 4 is 22.5 Å². The fourth-order valence-electron chi connectivity index (χ4n) is 4.40. The fraction of sp³-hybridized carbons (Fsp3) is 0.320. The molecule has 1 saturated heterocycles. The number of nitrogens with zero attached hydrogens (tertiary/aromatic N) is 5. The minimum Gasteiger partial charge on any atom is -0.369 e. The van der Waals surface area contributed by atoms with E-state index < -0.39 is 0 Å². The molecule has 1 aliphatic rings. The minimum atomic E-state index is -0.0368. The Morgan fingerprint density at radius 2 is 1.91 bits per heavy atom. The van der Waals surface area contributed by atoms with Gasteiger partial charge in [0.25, 0.3) is 0 Å². The summed E-state index contributed by atoms with van der Waals surface area (Å²) in [4.78, 5) is 16.0. The summed E-state index contributed by atoms with van der Waals surface area (Å²) in [6.45, 7) is 7.28. The van der Waals surface area contributed by atoms with Crippen LogP contribution in [0.25, 0.3) is 10.9 Å². The summed E-state index contributed by atoms with van der Waals surface area (Å²) in [5, 5.41) is 4.56. The van der Waals surface area contributed by atoms with Gasteiger partial charge < -0.3 is 14.6 Å². The molecule has 7 nitrogen and oxygen atoms in total. The lowest BCUT2D eigenvalue weighted by Gasteiger charge is -2.32. The fourth-order valence-corrected chi connectivity index (χ4v) is 4.40. The van der Waals surface area contributed by atoms with Gasteiger partial charge in [0.05, 0.1) is 24.2 Å². The summed E-state index contributed by atoms with van der Waals surface area (Å²) < 4.78 is 8.26. The topological polar surface area (TPSA) is 68.1 Å². The minimum absolute atomic E-state index is 0.0368. The van der Waals surface area contributed by atoms with Gasteiger partial charge >= 0.3 is 0 Å². The van der Waals surface area contributed by atoms with Gasteiger partial charge in [-0.15, -0.1) is 0 Å². The monoisotopic (exact) mass is 428 g/mol. The largest absolute Gasteiger partial charge is 0.369 e. The zero-order valence-electron chi connectivity index (χ0n) is 18.7. The summed E-state index contributed by atoms with van der Waals surface area (Å²) >= 11 is 0. The number of fused-ring (bicyclic) bond motifs is 1. The van der Waals surface area contributed by atoms with Crippen LogP contribution in [0.1, 0.15) is 28.7 Å². The van der Waals surface area contributed by atoms with Gasteiger partial charge in [0, 0.05) is 55.2 Å². The van der Waals surface area contributed by atoms with Gasteiger partial charge in [-0.25, -0.2) is 9.97 Å². The van der Waals surface area contributed by atoms with E-state index in [4.69, 9.17) is 4.74 Å². The van der Waals surface area contributed by atoms with E-state index >= 15 is 0 Å². The van der Waals surface area contributed by atoms with E-state index in [0.717, 1.165) is 42.4 Å². The second-order valence-corrected chi connectivity index (χ2v) is 8.45. The van der Waals surface area contributed by atoms with Crippen LogP contribution in [0.4, 0.5) is 11.6 Å². The summed E-state index contributed by atoms with van der Waals surface area (Å²) in [5.41, 5.74) is 6.30. The predicted molar refractivity (Wildman–Crippen MR) is 126 cm³/mol. The van der Waals surface area contributed by atoms with Gasteiger partial charge in [0.15, 0.2) is 0 Å². The zero-order valence-corrected chi connectivity index (χ0v) is 18.7. The summed E-state index contributed by atoms with van der Waals surface area (Å²) in [6.07, 6.45) is 4.02. The lowest BCUT2D eigenvalue weighted by atomic mass is 10.1. The molecule has 0 aliphatic carbocycles. The molecule has 1 unspecified atom stereocenters. The third kappa shape index (κ3) is 4.35. The Morgan fingerprint density at radius 3 is 2.69 bits per heavy atom. The number of rotatable bonds is 5. The van der Waals surface area contributed by atoms with Crippen molar-refractivity contribution in [2.75, 3.05) is 25.0 Å². The lowest BCUT2D eigenvalue weighted by Crippen LogP contribution is -2.38. The maximum atomic E-state index is 6.06. The highest BCUT2D eigenvalue weighted by atomic mass is 16.5. The number of hydrogen-bond donors (Lipinski definition) is 1. The lowest BCUT2D eigenvalue weighted by molar-refractivity contribution is -0.0348. The number of nitrogens with one attached hydrogen (secondary N) is 1. The molecule has 3 aromatic heterocycles. The first-order valence-electron chi connectivity index (χ1n) is 11.0. The molecular formula is C25H28N6O. The standard InChI is InChI=1S/C25H28N6O/c1-17-12-18(2)28-25(27-17)29-20-8-9-22(26-13-20)24-16-31(10-11-32-24)15-19-14-30(3)23-7-5-4-6-21(19)23/h4-9,12-14,24H,10-11,15-16H2,1-3H3,(H,27,28,29). The van der Waals surface area contributed by atoms with Crippen LogP contribution in [-0.4, -0.2) is 44.1 Å². The van der Waals surface area contributed by atoms with Crippen LogP contribution in [0.5, 0.6) is 0 Å². The normalized spacial score (nSPS) is 17.0. The zero-order chi connectivity index (χ0) is 22.1. The van der Waals surface area contributed by atoms with Gasteiger partial charge in [-0.3, -0.25) is 9.88 Å². The van der Waals surface area contributed by atoms with Crippen molar-refractivity contribution in [1.29, 1.82) is 0 Å². The number of para-hydroxylation sites is 1. The van der Waals surface area contributed by atoms with Crippen molar-refractivity contribution in [3.05, 3.63) is 77.5 Å². The Labute approximate surface area is 188 Å². The Kier molecular flexibility index (Phi) is 5.59. The van der Waals surface area contributed by atoms with Crippen LogP contribution < -0.4 is 5.32 Å². The molecule has 1 atom stereocenters. The van der Waals surface area contributed by atoms with E-state index in [1.54, 1.807) is 0 Å². The maximum Gasteiger partial charge on any atom is 0.227 e. The number of morpholine rings is 1. The first-order valence-corrected chi connectivity index (χ1v) is 11.0. The van der Waals surface area contributed by atoms with E-state index in [-0.39, 0.29) is 6.10 Å². The highest BCUT2D eigenvalue weighted by molar-refractivity contribution is 5.83. The Bertz CT molecular complexity index is 1210. The second-order valence-electron chi connectivity index (χ2n) is 8.45. The number of ether oxygens (including phenoxy) is 1. The van der Waals surface area contributed by atoms with Crippen molar-refractivity contribution < 1.29 is 4.74 Å². The Morgan fingerprint density at radius 1 is 1.09 bits per heavy atom. The third-order valence-corrected chi connectivity index (χ3v) is 5.88. The third-order valence-electron chi connectivity index (χ3n) is 5.88. The molecule has 0 saturated carbocycles. The van der Waals surface area contributed by atoms with Crippen molar-refractivity contribution in [3.63, 3.8) is 0 Å². The SMILES string of the molecule is Cc1cc(C)nc(Nc2ccc(C3CN(Cc4cn(C)c5ccccc45)CCO3)nc2)n1. The molecule has 1 aromatic carbocycles. The molecule has 0 amide bonds. The van der Waals surface area contributed by atoms with Gasteiger partial charge in [-0.05, 0) is 43.7 Å². The first-order chi connectivity index (χ1) is 15.5. The highest BCUT2D eigenvalue weighted by Crippen LogP contribution is 2.26. The highest BCUT2D eigenvalue weighted by Gasteiger charge is 2.24. The number of aryl methyl sites for hydroxylation is 3. The smallest absolute Gasteiger partial charge is 0.227 e. The molecule has 32 heavy (non-hydrogen) atoms. The first kappa shape index (κ1) is 20.6. The Balaban J connectivity index is 1.27. The molecular weight excluding hydrogens is 400 g/mol. The van der Waals surface area contributed by atoms with E-state index in [1.807, 2.05) is 38.2 Å². The average molecular weight is 429 g/mol. The maximum absolute atomic E-state index is 6.06. The molecule has 0 radical (unpaired) electrons. The van der Waals surface area contributed by atoms with Gasteiger partial charge in [0.2, 0.25) is 5.95 Å². The van der Waals surface area contributed by atoms with Crippen LogP contribution in [0.3, 0.4) is 0 Å². The van der Waals surface area contributed by atoms with Crippen molar-refractivity contribution in [2.45, 2.75) is 26.5 Å². The molecule has 1 fully saturated rings. The predicted octanol–water partition coefficient (Wildman–Crippen LogP) is 4.30. The van der Waals surface area contributed by atoms with Gasteiger partial charge in [-0.1, -0.05) is 18.2 Å². The summed E-state index contributed by atoms with van der Waals surface area (Å²) in [7, 11) is 2.11. The molecule has 1 N–H and O–H groups in total. The molecule has 0 spiro atoms. The van der Waals surface area contributed by atoms with E-state index in [1.165, 1.54) is 16.5 Å². The molecule has 164 valence electrons. The second kappa shape index (κ2) is 8.68. The molecule has 0 bridgehead atoms. The van der Waals surface area contributed by atoms with E-state index in [2.05, 4.69) is 67.2 Å². The van der Waals surface area contributed by atoms with Crippen LogP contribution in [0.2, 0.25) is 0 Å². The number of aromatic nitrogens is 4. The number of pyridine rings is 1. The van der Waals surface area contributed by atoms with E-state index in [9.17, 15) is 0 Å². The average Bonchev–Trinajstić information content (AvgIpc) is 3.09. The quantitative estimate of drug-likeness (QED) is 0.511. The molecule has 4 heterocycles. The number of hydrogen-bond acceptors (Lipinski definition) is 6. The van der Waals surface area contributed by atoms with Crippen molar-refractivity contribution in [2.24, 2.45) is 7.05 Å². The molecule has 5 rings (SSSR count). The summed E-state index contributed by atoms with van der Waals surface area (Å²) in [5.74, 6) is 0.590. The molecule has 7 heteroatoms. The number of anilines is 2. The molecule has 1 aliphatic heterocycles. The van der Waals surface area contributed by atoms with Gasteiger partial charge in [0.1, 0.15) is 6.10 Å². The summed E-state index contributed by atoms with van der Waals surface area (Å²) in [6, 6.07) is 14.6. The Hall–Kier alpha value is -3.29. The van der Waals surface area contributed by atoms with Crippen molar-refractivity contribution in [1.82, 2.24) is 24.4 Å². The van der Waals surface area contributed by atoms with Crippen molar-refractivity contribution in [3.8, 4) is 0 Å².